The normalized spacial score (nSPS) is 18.1. The summed E-state index contributed by atoms with van der Waals surface area (Å²) in [5, 5.41) is 0. The third kappa shape index (κ3) is 2.19. The fourth-order valence-electron chi connectivity index (χ4n) is 2.49. The third-order valence-electron chi connectivity index (χ3n) is 3.51. The van der Waals surface area contributed by atoms with Crippen LogP contribution in [0.3, 0.4) is 0 Å². The highest BCUT2D eigenvalue weighted by molar-refractivity contribution is 5.21. The molecule has 0 unspecified atom stereocenters. The molecule has 2 nitrogen and oxygen atoms in total. The van der Waals surface area contributed by atoms with E-state index in [0.29, 0.717) is 5.92 Å². The summed E-state index contributed by atoms with van der Waals surface area (Å²) in [6.45, 7) is 6.21. The highest BCUT2D eigenvalue weighted by atomic mass is 14.8. The van der Waals surface area contributed by atoms with Crippen LogP contribution in [0.4, 0.5) is 0 Å². The van der Waals surface area contributed by atoms with Gasteiger partial charge in [0.1, 0.15) is 0 Å². The molecule has 1 saturated carbocycles. The van der Waals surface area contributed by atoms with Gasteiger partial charge in [-0.25, -0.2) is 0 Å². The van der Waals surface area contributed by atoms with Crippen LogP contribution in [0.15, 0.2) is 0 Å². The average molecular weight is 204 g/mol. The number of rotatable bonds is 1. The molecule has 0 saturated heterocycles. The molecule has 2 heteroatoms. The molecule has 1 aliphatic rings. The molecule has 0 amide bonds. The van der Waals surface area contributed by atoms with Crippen LogP contribution in [0.2, 0.25) is 0 Å². The first-order valence-electron chi connectivity index (χ1n) is 6.00. The number of aromatic nitrogens is 2. The van der Waals surface area contributed by atoms with Crippen LogP contribution < -0.4 is 0 Å². The van der Waals surface area contributed by atoms with Crippen LogP contribution in [-0.2, 0) is 0 Å². The van der Waals surface area contributed by atoms with E-state index in [2.05, 4.69) is 18.8 Å². The summed E-state index contributed by atoms with van der Waals surface area (Å²) in [6, 6.07) is 0. The standard InChI is InChI=1S/C13H20N2/c1-9-10(2)15-13(11(3)14-9)12-7-5-4-6-8-12/h12H,4-8H2,1-3H3. The molecule has 15 heavy (non-hydrogen) atoms. The Hall–Kier alpha value is -0.920. The smallest absolute Gasteiger partial charge is 0.0650 e. The number of nitrogens with zero attached hydrogens (tertiary/aromatic N) is 2. The monoisotopic (exact) mass is 204 g/mol. The van der Waals surface area contributed by atoms with Crippen LogP contribution in [0.1, 0.15) is 60.8 Å². The van der Waals surface area contributed by atoms with Gasteiger partial charge in [-0.3, -0.25) is 9.97 Å². The van der Waals surface area contributed by atoms with Gasteiger partial charge >= 0.3 is 0 Å². The first kappa shape index (κ1) is 10.6. The SMILES string of the molecule is Cc1nc(C)c(C2CCCCC2)nc1C. The van der Waals surface area contributed by atoms with Crippen molar-refractivity contribution < 1.29 is 0 Å². The second-order valence-electron chi connectivity index (χ2n) is 4.70. The predicted molar refractivity (Wildman–Crippen MR) is 62.1 cm³/mol. The Balaban J connectivity index is 2.30. The van der Waals surface area contributed by atoms with E-state index < -0.39 is 0 Å². The van der Waals surface area contributed by atoms with Gasteiger partial charge in [-0.2, -0.15) is 0 Å². The zero-order chi connectivity index (χ0) is 10.8. The van der Waals surface area contributed by atoms with Gasteiger partial charge in [0.05, 0.1) is 22.8 Å². The molecule has 2 rings (SSSR count). The highest BCUT2D eigenvalue weighted by Gasteiger charge is 2.19. The first-order chi connectivity index (χ1) is 7.18. The Morgan fingerprint density at radius 3 is 2.07 bits per heavy atom. The van der Waals surface area contributed by atoms with Gasteiger partial charge in [0, 0.05) is 5.92 Å². The fraction of sp³-hybridized carbons (Fsp3) is 0.692. The molecule has 1 aromatic heterocycles. The van der Waals surface area contributed by atoms with Crippen molar-refractivity contribution in [3.05, 3.63) is 22.8 Å². The minimum atomic E-state index is 0.672. The third-order valence-corrected chi connectivity index (χ3v) is 3.51. The van der Waals surface area contributed by atoms with Crippen LogP contribution >= 0.6 is 0 Å². The maximum atomic E-state index is 4.73. The maximum Gasteiger partial charge on any atom is 0.0650 e. The summed E-state index contributed by atoms with van der Waals surface area (Å²) in [6.07, 6.45) is 6.72. The Morgan fingerprint density at radius 1 is 0.800 bits per heavy atom. The van der Waals surface area contributed by atoms with E-state index in [-0.39, 0.29) is 0 Å². The maximum absolute atomic E-state index is 4.73. The van der Waals surface area contributed by atoms with Gasteiger partial charge in [0.25, 0.3) is 0 Å². The Morgan fingerprint density at radius 2 is 1.40 bits per heavy atom. The first-order valence-corrected chi connectivity index (χ1v) is 6.00. The van der Waals surface area contributed by atoms with E-state index in [4.69, 9.17) is 4.98 Å². The van der Waals surface area contributed by atoms with Gasteiger partial charge in [-0.05, 0) is 33.6 Å². The molecule has 1 heterocycles. The van der Waals surface area contributed by atoms with E-state index in [1.54, 1.807) is 0 Å². The van der Waals surface area contributed by atoms with Crippen LogP contribution in [0.5, 0.6) is 0 Å². The van der Waals surface area contributed by atoms with Crippen LogP contribution in [0, 0.1) is 20.8 Å². The summed E-state index contributed by atoms with van der Waals surface area (Å²) < 4.78 is 0. The summed E-state index contributed by atoms with van der Waals surface area (Å²) in [5.74, 6) is 0.672. The van der Waals surface area contributed by atoms with Crippen LogP contribution in [0.25, 0.3) is 0 Å². The molecule has 82 valence electrons. The molecular formula is C13H20N2. The lowest BCUT2D eigenvalue weighted by Crippen LogP contribution is -2.11. The van der Waals surface area contributed by atoms with Gasteiger partial charge in [-0.15, -0.1) is 0 Å². The summed E-state index contributed by atoms with van der Waals surface area (Å²) >= 11 is 0. The second-order valence-corrected chi connectivity index (χ2v) is 4.70. The van der Waals surface area contributed by atoms with Crippen molar-refractivity contribution in [3.63, 3.8) is 0 Å². The summed E-state index contributed by atoms with van der Waals surface area (Å²) in [4.78, 5) is 9.32. The number of aryl methyl sites for hydroxylation is 3. The molecule has 0 spiro atoms. The Labute approximate surface area is 92.1 Å². The fourth-order valence-corrected chi connectivity index (χ4v) is 2.49. The van der Waals surface area contributed by atoms with E-state index in [1.165, 1.54) is 37.8 Å². The van der Waals surface area contributed by atoms with Crippen molar-refractivity contribution in [2.24, 2.45) is 0 Å². The van der Waals surface area contributed by atoms with Crippen molar-refractivity contribution in [3.8, 4) is 0 Å². The molecule has 1 aliphatic carbocycles. The molecule has 0 bridgehead atoms. The van der Waals surface area contributed by atoms with E-state index in [1.807, 2.05) is 6.92 Å². The van der Waals surface area contributed by atoms with E-state index in [9.17, 15) is 0 Å². The van der Waals surface area contributed by atoms with Crippen molar-refractivity contribution in [1.82, 2.24) is 9.97 Å². The lowest BCUT2D eigenvalue weighted by molar-refractivity contribution is 0.433. The molecule has 0 aliphatic heterocycles. The van der Waals surface area contributed by atoms with Crippen molar-refractivity contribution in [1.29, 1.82) is 0 Å². The molecule has 0 aromatic carbocycles. The zero-order valence-electron chi connectivity index (χ0n) is 10.0. The van der Waals surface area contributed by atoms with E-state index >= 15 is 0 Å². The average Bonchev–Trinajstić information content (AvgIpc) is 2.25. The number of hydrogen-bond acceptors (Lipinski definition) is 2. The minimum Gasteiger partial charge on any atom is -0.255 e. The molecule has 1 fully saturated rings. The van der Waals surface area contributed by atoms with Crippen LogP contribution in [-0.4, -0.2) is 9.97 Å². The Kier molecular flexibility index (Phi) is 3.03. The minimum absolute atomic E-state index is 0.672. The lowest BCUT2D eigenvalue weighted by Gasteiger charge is -2.22. The van der Waals surface area contributed by atoms with Gasteiger partial charge in [0.15, 0.2) is 0 Å². The van der Waals surface area contributed by atoms with Crippen molar-refractivity contribution >= 4 is 0 Å². The number of hydrogen-bond donors (Lipinski definition) is 0. The quantitative estimate of drug-likeness (QED) is 0.700. The van der Waals surface area contributed by atoms with Crippen molar-refractivity contribution in [2.75, 3.05) is 0 Å². The molecule has 0 atom stereocenters. The second kappa shape index (κ2) is 4.30. The summed E-state index contributed by atoms with van der Waals surface area (Å²) in [7, 11) is 0. The van der Waals surface area contributed by atoms with E-state index in [0.717, 1.165) is 17.1 Å². The largest absolute Gasteiger partial charge is 0.255 e. The van der Waals surface area contributed by atoms with Gasteiger partial charge in [-0.1, -0.05) is 19.3 Å². The molecular weight excluding hydrogens is 184 g/mol. The predicted octanol–water partition coefficient (Wildman–Crippen LogP) is 3.45. The summed E-state index contributed by atoms with van der Waals surface area (Å²) in [5.41, 5.74) is 4.58. The lowest BCUT2D eigenvalue weighted by atomic mass is 9.86. The zero-order valence-corrected chi connectivity index (χ0v) is 10.0. The Bertz CT molecular complexity index is 352. The molecule has 0 N–H and O–H groups in total. The van der Waals surface area contributed by atoms with Gasteiger partial charge in [0.2, 0.25) is 0 Å². The highest BCUT2D eigenvalue weighted by Crippen LogP contribution is 2.32. The van der Waals surface area contributed by atoms with Gasteiger partial charge < -0.3 is 0 Å². The molecule has 1 aromatic rings. The van der Waals surface area contributed by atoms with Crippen molar-refractivity contribution in [2.45, 2.75) is 58.8 Å². The topological polar surface area (TPSA) is 25.8 Å². The molecule has 0 radical (unpaired) electrons.